The summed E-state index contributed by atoms with van der Waals surface area (Å²) in [5.41, 5.74) is 2.43. The van der Waals surface area contributed by atoms with Gasteiger partial charge in [0.05, 0.1) is 12.9 Å². The van der Waals surface area contributed by atoms with E-state index in [-0.39, 0.29) is 6.61 Å². The Kier molecular flexibility index (Phi) is 4.29. The van der Waals surface area contributed by atoms with E-state index in [4.69, 9.17) is 0 Å². The lowest BCUT2D eigenvalue weighted by Crippen LogP contribution is -2.04. The maximum Gasteiger partial charge on any atom is 0.264 e. The van der Waals surface area contributed by atoms with Gasteiger partial charge in [0.2, 0.25) is 0 Å². The molecule has 1 aromatic carbocycles. The third-order valence-electron chi connectivity index (χ3n) is 1.99. The Morgan fingerprint density at radius 3 is 2.67 bits per heavy atom. The topological polar surface area (TPSA) is 43.4 Å². The molecular weight excluding hydrogens is 212 g/mol. The van der Waals surface area contributed by atoms with Gasteiger partial charge in [-0.1, -0.05) is 29.8 Å². The van der Waals surface area contributed by atoms with Gasteiger partial charge >= 0.3 is 0 Å². The third kappa shape index (κ3) is 5.54. The first-order valence-electron chi connectivity index (χ1n) is 4.87. The first-order chi connectivity index (χ1) is 6.97. The predicted octanol–water partition coefficient (Wildman–Crippen LogP) is 1.90. The molecule has 0 bridgehead atoms. The fourth-order valence-electron chi connectivity index (χ4n) is 1.35. The molecule has 0 aromatic heterocycles. The maximum absolute atomic E-state index is 10.7. The van der Waals surface area contributed by atoms with E-state index in [0.29, 0.717) is 0 Å². The van der Waals surface area contributed by atoms with Gasteiger partial charge in [-0.25, -0.2) is 0 Å². The van der Waals surface area contributed by atoms with Gasteiger partial charge in [-0.2, -0.15) is 8.42 Å². The van der Waals surface area contributed by atoms with E-state index >= 15 is 0 Å². The lowest BCUT2D eigenvalue weighted by molar-refractivity contribution is 0.316. The average Bonchev–Trinajstić information content (AvgIpc) is 2.11. The van der Waals surface area contributed by atoms with Crippen LogP contribution in [-0.2, 0) is 20.7 Å². The molecule has 0 unspecified atom stereocenters. The maximum atomic E-state index is 10.7. The van der Waals surface area contributed by atoms with Gasteiger partial charge in [-0.05, 0) is 25.3 Å². The Balaban J connectivity index is 2.32. The van der Waals surface area contributed by atoms with Crippen molar-refractivity contribution in [2.75, 3.05) is 12.9 Å². The second kappa shape index (κ2) is 5.28. The van der Waals surface area contributed by atoms with E-state index < -0.39 is 10.1 Å². The standard InChI is InChI=1S/C11H16O3S/c1-10-5-3-6-11(9-10)7-4-8-14-15(2,12)13/h3,5-6,9H,4,7-8H2,1-2H3. The monoisotopic (exact) mass is 228 g/mol. The highest BCUT2D eigenvalue weighted by atomic mass is 32.2. The van der Waals surface area contributed by atoms with Gasteiger partial charge < -0.3 is 0 Å². The molecule has 0 spiro atoms. The molecule has 0 atom stereocenters. The molecule has 3 nitrogen and oxygen atoms in total. The SMILES string of the molecule is Cc1cccc(CCCOS(C)(=O)=O)c1. The number of rotatable bonds is 5. The minimum Gasteiger partial charge on any atom is -0.270 e. The van der Waals surface area contributed by atoms with Gasteiger partial charge in [0.1, 0.15) is 0 Å². The zero-order valence-electron chi connectivity index (χ0n) is 9.06. The van der Waals surface area contributed by atoms with Crippen molar-refractivity contribution in [3.63, 3.8) is 0 Å². The fraction of sp³-hybridized carbons (Fsp3) is 0.455. The normalized spacial score (nSPS) is 11.6. The van der Waals surface area contributed by atoms with Crippen molar-refractivity contribution in [1.29, 1.82) is 0 Å². The summed E-state index contributed by atoms with van der Waals surface area (Å²) in [6, 6.07) is 8.17. The fourth-order valence-corrected chi connectivity index (χ4v) is 1.77. The molecule has 0 amide bonds. The number of hydrogen-bond acceptors (Lipinski definition) is 3. The van der Waals surface area contributed by atoms with Gasteiger partial charge in [-0.3, -0.25) is 4.18 Å². The molecule has 0 saturated heterocycles. The zero-order chi connectivity index (χ0) is 11.3. The van der Waals surface area contributed by atoms with Crippen molar-refractivity contribution in [2.45, 2.75) is 19.8 Å². The Hall–Kier alpha value is -0.870. The molecule has 15 heavy (non-hydrogen) atoms. The Morgan fingerprint density at radius 2 is 2.07 bits per heavy atom. The second-order valence-corrected chi connectivity index (χ2v) is 5.26. The molecule has 84 valence electrons. The number of hydrogen-bond donors (Lipinski definition) is 0. The summed E-state index contributed by atoms with van der Waals surface area (Å²) in [6.45, 7) is 2.29. The molecule has 1 aromatic rings. The third-order valence-corrected chi connectivity index (χ3v) is 2.58. The van der Waals surface area contributed by atoms with E-state index in [1.165, 1.54) is 11.1 Å². The summed E-state index contributed by atoms with van der Waals surface area (Å²) >= 11 is 0. The van der Waals surface area contributed by atoms with Crippen LogP contribution in [0.25, 0.3) is 0 Å². The molecule has 0 aliphatic carbocycles. The molecule has 0 fully saturated rings. The van der Waals surface area contributed by atoms with Crippen LogP contribution in [0.4, 0.5) is 0 Å². The van der Waals surface area contributed by atoms with Crippen LogP contribution in [0.5, 0.6) is 0 Å². The van der Waals surface area contributed by atoms with Crippen LogP contribution in [0.1, 0.15) is 17.5 Å². The van der Waals surface area contributed by atoms with E-state index in [9.17, 15) is 8.42 Å². The molecule has 0 radical (unpaired) electrons. The van der Waals surface area contributed by atoms with Gasteiger partial charge in [0, 0.05) is 0 Å². The summed E-state index contributed by atoms with van der Waals surface area (Å²) < 4.78 is 26.0. The average molecular weight is 228 g/mol. The quantitative estimate of drug-likeness (QED) is 0.571. The van der Waals surface area contributed by atoms with E-state index in [1.54, 1.807) is 0 Å². The first-order valence-corrected chi connectivity index (χ1v) is 6.69. The molecule has 0 aliphatic rings. The number of aryl methyl sites for hydroxylation is 2. The largest absolute Gasteiger partial charge is 0.270 e. The molecule has 0 N–H and O–H groups in total. The lowest BCUT2D eigenvalue weighted by Gasteiger charge is -2.02. The van der Waals surface area contributed by atoms with Gasteiger partial charge in [0.25, 0.3) is 10.1 Å². The minimum absolute atomic E-state index is 0.257. The minimum atomic E-state index is -3.29. The highest BCUT2D eigenvalue weighted by Crippen LogP contribution is 2.06. The first kappa shape index (κ1) is 12.2. The molecule has 0 heterocycles. The zero-order valence-corrected chi connectivity index (χ0v) is 9.88. The number of benzene rings is 1. The van der Waals surface area contributed by atoms with Crippen LogP contribution in [0.15, 0.2) is 24.3 Å². The van der Waals surface area contributed by atoms with Crippen molar-refractivity contribution in [2.24, 2.45) is 0 Å². The highest BCUT2D eigenvalue weighted by Gasteiger charge is 2.00. The second-order valence-electron chi connectivity index (χ2n) is 3.62. The Labute approximate surface area is 91.2 Å². The lowest BCUT2D eigenvalue weighted by atomic mass is 10.1. The molecule has 0 saturated carbocycles. The van der Waals surface area contributed by atoms with Crippen LogP contribution in [0.3, 0.4) is 0 Å². The summed E-state index contributed by atoms with van der Waals surface area (Å²) in [5.74, 6) is 0. The molecule has 1 rings (SSSR count). The van der Waals surface area contributed by atoms with Crippen molar-refractivity contribution in [1.82, 2.24) is 0 Å². The summed E-state index contributed by atoms with van der Waals surface area (Å²) in [7, 11) is -3.29. The van der Waals surface area contributed by atoms with Crippen molar-refractivity contribution in [3.8, 4) is 0 Å². The van der Waals surface area contributed by atoms with E-state index in [0.717, 1.165) is 19.1 Å². The highest BCUT2D eigenvalue weighted by molar-refractivity contribution is 7.85. The molecular formula is C11H16O3S. The van der Waals surface area contributed by atoms with Crippen molar-refractivity contribution >= 4 is 10.1 Å². The van der Waals surface area contributed by atoms with E-state index in [1.807, 2.05) is 25.1 Å². The van der Waals surface area contributed by atoms with Gasteiger partial charge in [0.15, 0.2) is 0 Å². The van der Waals surface area contributed by atoms with Crippen LogP contribution in [0.2, 0.25) is 0 Å². The van der Waals surface area contributed by atoms with Gasteiger partial charge in [-0.15, -0.1) is 0 Å². The summed E-state index contributed by atoms with van der Waals surface area (Å²) in [5, 5.41) is 0. The molecule has 4 heteroatoms. The van der Waals surface area contributed by atoms with E-state index in [2.05, 4.69) is 10.2 Å². The van der Waals surface area contributed by atoms with Crippen molar-refractivity contribution in [3.05, 3.63) is 35.4 Å². The predicted molar refractivity (Wildman–Crippen MR) is 60.3 cm³/mol. The Bertz CT molecular complexity index is 410. The molecule has 0 aliphatic heterocycles. The van der Waals surface area contributed by atoms with Crippen LogP contribution in [-0.4, -0.2) is 21.3 Å². The summed E-state index contributed by atoms with van der Waals surface area (Å²) in [4.78, 5) is 0. The van der Waals surface area contributed by atoms with Crippen molar-refractivity contribution < 1.29 is 12.6 Å². The van der Waals surface area contributed by atoms with Crippen LogP contribution in [0, 0.1) is 6.92 Å². The smallest absolute Gasteiger partial charge is 0.264 e. The van der Waals surface area contributed by atoms with Crippen LogP contribution >= 0.6 is 0 Å². The van der Waals surface area contributed by atoms with Crippen LogP contribution < -0.4 is 0 Å². The Morgan fingerprint density at radius 1 is 1.33 bits per heavy atom. The summed E-state index contributed by atoms with van der Waals surface area (Å²) in [6.07, 6.45) is 2.63.